The summed E-state index contributed by atoms with van der Waals surface area (Å²) in [7, 11) is 0. The van der Waals surface area contributed by atoms with E-state index in [0.29, 0.717) is 12.0 Å². The summed E-state index contributed by atoms with van der Waals surface area (Å²) in [5.74, 6) is 1.43. The van der Waals surface area contributed by atoms with Crippen LogP contribution in [-0.2, 0) is 0 Å². The molecule has 1 aromatic carbocycles. The molecule has 0 amide bonds. The zero-order valence-corrected chi connectivity index (χ0v) is 13.6. The van der Waals surface area contributed by atoms with Gasteiger partial charge in [-0.3, -0.25) is 0 Å². The molecule has 1 aromatic heterocycles. The van der Waals surface area contributed by atoms with Crippen molar-refractivity contribution in [1.29, 1.82) is 0 Å². The maximum Gasteiger partial charge on any atom is 0.225 e. The summed E-state index contributed by atoms with van der Waals surface area (Å²) in [4.78, 5) is 8.93. The van der Waals surface area contributed by atoms with Crippen LogP contribution in [0.4, 0.5) is 17.5 Å². The van der Waals surface area contributed by atoms with Crippen LogP contribution >= 0.6 is 11.6 Å². The molecule has 0 bridgehead atoms. The molecule has 5 heteroatoms. The van der Waals surface area contributed by atoms with Gasteiger partial charge >= 0.3 is 0 Å². The third-order valence-electron chi connectivity index (χ3n) is 3.29. The highest BCUT2D eigenvalue weighted by molar-refractivity contribution is 6.30. The first-order valence-electron chi connectivity index (χ1n) is 7.13. The highest BCUT2D eigenvalue weighted by Crippen LogP contribution is 2.23. The molecule has 0 saturated carbocycles. The van der Waals surface area contributed by atoms with Gasteiger partial charge in [-0.25, -0.2) is 4.98 Å². The van der Waals surface area contributed by atoms with Crippen molar-refractivity contribution < 1.29 is 0 Å². The van der Waals surface area contributed by atoms with Crippen molar-refractivity contribution in [3.63, 3.8) is 0 Å². The van der Waals surface area contributed by atoms with E-state index in [4.69, 9.17) is 11.6 Å². The Morgan fingerprint density at radius 2 is 1.95 bits per heavy atom. The fraction of sp³-hybridized carbons (Fsp3) is 0.375. The topological polar surface area (TPSA) is 49.8 Å². The maximum absolute atomic E-state index is 5.98. The van der Waals surface area contributed by atoms with Gasteiger partial charge in [0.2, 0.25) is 5.95 Å². The minimum Gasteiger partial charge on any atom is -0.352 e. The first-order chi connectivity index (χ1) is 9.97. The van der Waals surface area contributed by atoms with Crippen LogP contribution < -0.4 is 10.6 Å². The van der Waals surface area contributed by atoms with Crippen LogP contribution in [0.1, 0.15) is 31.5 Å². The van der Waals surface area contributed by atoms with E-state index in [9.17, 15) is 0 Å². The van der Waals surface area contributed by atoms with Gasteiger partial charge < -0.3 is 10.6 Å². The van der Waals surface area contributed by atoms with E-state index in [1.807, 2.05) is 38.1 Å². The van der Waals surface area contributed by atoms with Crippen molar-refractivity contribution in [3.05, 3.63) is 40.5 Å². The smallest absolute Gasteiger partial charge is 0.225 e. The third-order valence-corrected chi connectivity index (χ3v) is 3.53. The first kappa shape index (κ1) is 15.6. The average molecular weight is 305 g/mol. The van der Waals surface area contributed by atoms with Crippen LogP contribution in [0.25, 0.3) is 0 Å². The van der Waals surface area contributed by atoms with E-state index in [2.05, 4.69) is 34.4 Å². The van der Waals surface area contributed by atoms with E-state index < -0.39 is 0 Å². The summed E-state index contributed by atoms with van der Waals surface area (Å²) in [6, 6.07) is 8.02. The van der Waals surface area contributed by atoms with Gasteiger partial charge in [-0.05, 0) is 51.0 Å². The molecule has 1 unspecified atom stereocenters. The Balaban J connectivity index is 2.23. The van der Waals surface area contributed by atoms with Crippen LogP contribution in [0, 0.1) is 13.8 Å². The molecule has 0 radical (unpaired) electrons. The number of nitrogens with zero attached hydrogens (tertiary/aromatic N) is 2. The van der Waals surface area contributed by atoms with Gasteiger partial charge in [0.15, 0.2) is 0 Å². The molecule has 2 rings (SSSR count). The van der Waals surface area contributed by atoms with Crippen molar-refractivity contribution in [2.45, 2.75) is 40.2 Å². The zero-order valence-electron chi connectivity index (χ0n) is 12.9. The SMILES string of the molecule is CCC(C)Nc1nc(C)cc(Nc2ccc(Cl)cc2C)n1. The van der Waals surface area contributed by atoms with Gasteiger partial charge in [0.25, 0.3) is 0 Å². The van der Waals surface area contributed by atoms with E-state index in [-0.39, 0.29) is 0 Å². The molecule has 1 atom stereocenters. The number of benzene rings is 1. The van der Waals surface area contributed by atoms with Crippen LogP contribution in [-0.4, -0.2) is 16.0 Å². The Bertz CT molecular complexity index is 628. The highest BCUT2D eigenvalue weighted by Gasteiger charge is 2.06. The predicted molar refractivity (Wildman–Crippen MR) is 89.6 cm³/mol. The molecular weight excluding hydrogens is 284 g/mol. The number of halogens is 1. The minimum absolute atomic E-state index is 0.344. The summed E-state index contributed by atoms with van der Waals surface area (Å²) in [5.41, 5.74) is 2.99. The Morgan fingerprint density at radius 3 is 2.62 bits per heavy atom. The normalized spacial score (nSPS) is 12.0. The third kappa shape index (κ3) is 4.33. The summed E-state index contributed by atoms with van der Waals surface area (Å²) < 4.78 is 0. The summed E-state index contributed by atoms with van der Waals surface area (Å²) >= 11 is 5.98. The largest absolute Gasteiger partial charge is 0.352 e. The molecule has 21 heavy (non-hydrogen) atoms. The number of hydrogen-bond donors (Lipinski definition) is 2. The number of hydrogen-bond acceptors (Lipinski definition) is 4. The molecule has 1 heterocycles. The fourth-order valence-corrected chi connectivity index (χ4v) is 2.15. The first-order valence-corrected chi connectivity index (χ1v) is 7.51. The van der Waals surface area contributed by atoms with Crippen LogP contribution in [0.15, 0.2) is 24.3 Å². The number of rotatable bonds is 5. The molecule has 0 fully saturated rings. The van der Waals surface area contributed by atoms with Crippen molar-refractivity contribution in [1.82, 2.24) is 9.97 Å². The van der Waals surface area contributed by atoms with Gasteiger partial charge in [0, 0.05) is 28.5 Å². The van der Waals surface area contributed by atoms with E-state index in [1.165, 1.54) is 0 Å². The lowest BCUT2D eigenvalue weighted by atomic mass is 10.2. The molecule has 0 aliphatic heterocycles. The Morgan fingerprint density at radius 1 is 1.19 bits per heavy atom. The van der Waals surface area contributed by atoms with Crippen molar-refractivity contribution in [3.8, 4) is 0 Å². The number of aryl methyl sites for hydroxylation is 2. The standard InChI is InChI=1S/C16H21ClN4/c1-5-11(3)18-16-19-12(4)9-15(21-16)20-14-7-6-13(17)8-10(14)2/h6-9,11H,5H2,1-4H3,(H2,18,19,20,21). The summed E-state index contributed by atoms with van der Waals surface area (Å²) in [6.45, 7) is 8.22. The quantitative estimate of drug-likeness (QED) is 0.840. The van der Waals surface area contributed by atoms with Crippen molar-refractivity contribution in [2.75, 3.05) is 10.6 Å². The molecule has 0 saturated heterocycles. The van der Waals surface area contributed by atoms with Crippen LogP contribution in [0.2, 0.25) is 5.02 Å². The molecule has 0 spiro atoms. The van der Waals surface area contributed by atoms with Gasteiger partial charge in [-0.1, -0.05) is 18.5 Å². The lowest BCUT2D eigenvalue weighted by Gasteiger charge is -2.14. The second-order valence-corrected chi connectivity index (χ2v) is 5.69. The van der Waals surface area contributed by atoms with Gasteiger partial charge in [-0.15, -0.1) is 0 Å². The lowest BCUT2D eigenvalue weighted by Crippen LogP contribution is -2.16. The second kappa shape index (κ2) is 6.76. The zero-order chi connectivity index (χ0) is 15.4. The van der Waals surface area contributed by atoms with Gasteiger partial charge in [0.1, 0.15) is 5.82 Å². The molecule has 0 aliphatic rings. The molecular formula is C16H21ClN4. The summed E-state index contributed by atoms with van der Waals surface area (Å²) in [5, 5.41) is 7.35. The molecule has 0 aliphatic carbocycles. The maximum atomic E-state index is 5.98. The van der Waals surface area contributed by atoms with Gasteiger partial charge in [-0.2, -0.15) is 4.98 Å². The van der Waals surface area contributed by atoms with Crippen LogP contribution in [0.3, 0.4) is 0 Å². The average Bonchev–Trinajstić information content (AvgIpc) is 2.41. The predicted octanol–water partition coefficient (Wildman–Crippen LogP) is 4.70. The Labute approximate surface area is 131 Å². The molecule has 4 nitrogen and oxygen atoms in total. The molecule has 112 valence electrons. The number of aromatic nitrogens is 2. The molecule has 2 aromatic rings. The Hall–Kier alpha value is -1.81. The Kier molecular flexibility index (Phi) is 5.02. The monoisotopic (exact) mass is 304 g/mol. The van der Waals surface area contributed by atoms with Crippen LogP contribution in [0.5, 0.6) is 0 Å². The second-order valence-electron chi connectivity index (χ2n) is 5.26. The van der Waals surface area contributed by atoms with Crippen molar-refractivity contribution in [2.24, 2.45) is 0 Å². The van der Waals surface area contributed by atoms with E-state index in [1.54, 1.807) is 0 Å². The number of anilines is 3. The van der Waals surface area contributed by atoms with Crippen molar-refractivity contribution >= 4 is 29.1 Å². The van der Waals surface area contributed by atoms with Gasteiger partial charge in [0.05, 0.1) is 0 Å². The fourth-order valence-electron chi connectivity index (χ4n) is 1.92. The van der Waals surface area contributed by atoms with E-state index >= 15 is 0 Å². The minimum atomic E-state index is 0.344. The van der Waals surface area contributed by atoms with E-state index in [0.717, 1.165) is 34.2 Å². The highest BCUT2D eigenvalue weighted by atomic mass is 35.5. The lowest BCUT2D eigenvalue weighted by molar-refractivity contribution is 0.752. The number of nitrogens with one attached hydrogen (secondary N) is 2. The summed E-state index contributed by atoms with van der Waals surface area (Å²) in [6.07, 6.45) is 1.02. The molecule has 2 N–H and O–H groups in total.